The summed E-state index contributed by atoms with van der Waals surface area (Å²) in [5, 5.41) is 12.4. The molecule has 92 valence electrons. The summed E-state index contributed by atoms with van der Waals surface area (Å²) in [5.74, 6) is 4.66. The second-order valence-electron chi connectivity index (χ2n) is 3.19. The minimum atomic E-state index is -1.09. The number of benzene rings is 1. The Balaban J connectivity index is 3.01. The zero-order chi connectivity index (χ0) is 13.4. The van der Waals surface area contributed by atoms with Gasteiger partial charge >= 0.3 is 5.97 Å². The van der Waals surface area contributed by atoms with Crippen molar-refractivity contribution < 1.29 is 14.6 Å². The Kier molecular flexibility index (Phi) is 5.10. The molecule has 0 aromatic heterocycles. The second kappa shape index (κ2) is 6.84. The molecule has 0 fully saturated rings. The van der Waals surface area contributed by atoms with Gasteiger partial charge in [0, 0.05) is 23.4 Å². The maximum atomic E-state index is 11.1. The van der Waals surface area contributed by atoms with E-state index < -0.39 is 5.97 Å². The van der Waals surface area contributed by atoms with E-state index in [1.807, 2.05) is 0 Å². The Labute approximate surface area is 104 Å². The molecule has 0 aliphatic heterocycles. The quantitative estimate of drug-likeness (QED) is 0.290. The number of hydrogen-bond acceptors (Lipinski definition) is 3. The first-order valence-electron chi connectivity index (χ1n) is 5.10. The monoisotopic (exact) mass is 245 g/mol. The molecule has 0 heterocycles. The maximum Gasteiger partial charge on any atom is 0.340 e. The van der Waals surface area contributed by atoms with E-state index in [1.165, 1.54) is 7.11 Å². The van der Waals surface area contributed by atoms with Gasteiger partial charge in [0.2, 0.25) is 0 Å². The summed E-state index contributed by atoms with van der Waals surface area (Å²) in [4.78, 5) is 13.7. The highest BCUT2D eigenvalue weighted by Crippen LogP contribution is 2.21. The highest BCUT2D eigenvalue weighted by molar-refractivity contribution is 5.94. The number of carboxylic acids is 1. The van der Waals surface area contributed by atoms with Crippen LogP contribution in [0.15, 0.2) is 23.3 Å². The van der Waals surface area contributed by atoms with Crippen LogP contribution >= 0.6 is 0 Å². The highest BCUT2D eigenvalue weighted by Gasteiger charge is 2.14. The molecule has 18 heavy (non-hydrogen) atoms. The van der Waals surface area contributed by atoms with Gasteiger partial charge in [0.05, 0.1) is 7.11 Å². The van der Waals surface area contributed by atoms with E-state index in [4.69, 9.17) is 15.4 Å². The molecule has 0 radical (unpaired) electrons. The van der Waals surface area contributed by atoms with Gasteiger partial charge in [0.15, 0.2) is 0 Å². The molecule has 1 aromatic carbocycles. The molecule has 0 saturated heterocycles. The first-order valence-corrected chi connectivity index (χ1v) is 5.10. The van der Waals surface area contributed by atoms with Crippen molar-refractivity contribution in [1.82, 2.24) is 0 Å². The van der Waals surface area contributed by atoms with Gasteiger partial charge in [-0.2, -0.15) is 0 Å². The molecule has 6 nitrogen and oxygen atoms in total. The number of azide groups is 1. The first kappa shape index (κ1) is 13.4. The van der Waals surface area contributed by atoms with Crippen molar-refractivity contribution in [2.75, 3.05) is 13.7 Å². The summed E-state index contributed by atoms with van der Waals surface area (Å²) in [6.07, 6.45) is 0.375. The molecule has 0 amide bonds. The van der Waals surface area contributed by atoms with E-state index >= 15 is 0 Å². The summed E-state index contributed by atoms with van der Waals surface area (Å²) < 4.78 is 4.98. The van der Waals surface area contributed by atoms with Crippen LogP contribution in [-0.4, -0.2) is 24.7 Å². The molecule has 1 N–H and O–H groups in total. The number of carbonyl (C=O) groups is 1. The normalized spacial score (nSPS) is 8.72. The van der Waals surface area contributed by atoms with Gasteiger partial charge in [-0.05, 0) is 17.7 Å². The van der Waals surface area contributed by atoms with Crippen LogP contribution in [0.5, 0.6) is 5.75 Å². The highest BCUT2D eigenvalue weighted by atomic mass is 16.5. The average molecular weight is 245 g/mol. The van der Waals surface area contributed by atoms with E-state index in [-0.39, 0.29) is 17.9 Å². The summed E-state index contributed by atoms with van der Waals surface area (Å²) >= 11 is 0. The molecule has 0 unspecified atom stereocenters. The van der Waals surface area contributed by atoms with E-state index in [0.29, 0.717) is 12.0 Å². The Hall–Kier alpha value is -2.64. The van der Waals surface area contributed by atoms with E-state index in [1.54, 1.807) is 18.2 Å². The third-order valence-electron chi connectivity index (χ3n) is 2.08. The van der Waals surface area contributed by atoms with Gasteiger partial charge in [-0.3, -0.25) is 0 Å². The molecule has 0 bridgehead atoms. The minimum Gasteiger partial charge on any atom is -0.496 e. The second-order valence-corrected chi connectivity index (χ2v) is 3.19. The van der Waals surface area contributed by atoms with E-state index in [0.717, 1.165) is 0 Å². The lowest BCUT2D eigenvalue weighted by Crippen LogP contribution is -2.03. The Morgan fingerprint density at radius 1 is 1.61 bits per heavy atom. The first-order chi connectivity index (χ1) is 8.70. The van der Waals surface area contributed by atoms with Crippen LogP contribution in [-0.2, 0) is 0 Å². The molecule has 0 saturated carbocycles. The SMILES string of the molecule is COc1cccc(C#CCCN=[N+]=[N-])c1C(=O)O. The molecule has 0 atom stereocenters. The Morgan fingerprint density at radius 2 is 2.39 bits per heavy atom. The predicted octanol–water partition coefficient (Wildman–Crippen LogP) is 2.45. The molecule has 6 heteroatoms. The third kappa shape index (κ3) is 3.44. The van der Waals surface area contributed by atoms with E-state index in [2.05, 4.69) is 21.9 Å². The summed E-state index contributed by atoms with van der Waals surface area (Å²) in [6.45, 7) is 0.260. The lowest BCUT2D eigenvalue weighted by atomic mass is 10.1. The number of nitrogens with zero attached hydrogens (tertiary/aromatic N) is 3. The fourth-order valence-corrected chi connectivity index (χ4v) is 1.33. The number of carboxylic acid groups (broad SMARTS) is 1. The lowest BCUT2D eigenvalue weighted by molar-refractivity contribution is 0.0693. The van der Waals surface area contributed by atoms with Crippen molar-refractivity contribution in [3.8, 4) is 17.6 Å². The van der Waals surface area contributed by atoms with Gasteiger partial charge in [0.1, 0.15) is 11.3 Å². The van der Waals surface area contributed by atoms with Gasteiger partial charge in [-0.1, -0.05) is 23.0 Å². The average Bonchev–Trinajstić information content (AvgIpc) is 2.37. The maximum absolute atomic E-state index is 11.1. The summed E-state index contributed by atoms with van der Waals surface area (Å²) in [7, 11) is 1.40. The van der Waals surface area contributed by atoms with E-state index in [9.17, 15) is 4.79 Å². The van der Waals surface area contributed by atoms with Gasteiger partial charge in [-0.25, -0.2) is 4.79 Å². The van der Waals surface area contributed by atoms with Gasteiger partial charge in [0.25, 0.3) is 0 Å². The van der Waals surface area contributed by atoms with Gasteiger partial charge < -0.3 is 9.84 Å². The molecule has 0 aliphatic rings. The van der Waals surface area contributed by atoms with Crippen LogP contribution in [0, 0.1) is 11.8 Å². The fraction of sp³-hybridized carbons (Fsp3) is 0.250. The topological polar surface area (TPSA) is 95.3 Å². The third-order valence-corrected chi connectivity index (χ3v) is 2.08. The van der Waals surface area contributed by atoms with Crippen LogP contribution in [0.1, 0.15) is 22.3 Å². The van der Waals surface area contributed by atoms with Crippen molar-refractivity contribution in [3.63, 3.8) is 0 Å². The standard InChI is InChI=1S/C12H11N3O3/c1-18-10-7-4-6-9(11(10)12(16)17)5-2-3-8-14-15-13/h4,6-7H,3,8H2,1H3,(H,16,17). The number of hydrogen-bond donors (Lipinski definition) is 1. The smallest absolute Gasteiger partial charge is 0.340 e. The molecule has 1 rings (SSSR count). The molecule has 0 aliphatic carbocycles. The largest absolute Gasteiger partial charge is 0.496 e. The van der Waals surface area contributed by atoms with Crippen molar-refractivity contribution >= 4 is 5.97 Å². The number of aromatic carboxylic acids is 1. The molecule has 1 aromatic rings. The Bertz CT molecular complexity index is 551. The number of rotatable bonds is 4. The van der Waals surface area contributed by atoms with Gasteiger partial charge in [-0.15, -0.1) is 0 Å². The van der Waals surface area contributed by atoms with Crippen LogP contribution in [0.3, 0.4) is 0 Å². The lowest BCUT2D eigenvalue weighted by Gasteiger charge is -2.05. The predicted molar refractivity (Wildman–Crippen MR) is 65.5 cm³/mol. The van der Waals surface area contributed by atoms with Crippen molar-refractivity contribution in [1.29, 1.82) is 0 Å². The van der Waals surface area contributed by atoms with Crippen molar-refractivity contribution in [3.05, 3.63) is 39.8 Å². The molecular formula is C12H11N3O3. The molecule has 0 spiro atoms. The number of methoxy groups -OCH3 is 1. The number of ether oxygens (including phenoxy) is 1. The van der Waals surface area contributed by atoms with Crippen LogP contribution in [0.2, 0.25) is 0 Å². The van der Waals surface area contributed by atoms with Crippen LogP contribution in [0.4, 0.5) is 0 Å². The van der Waals surface area contributed by atoms with Crippen LogP contribution in [0.25, 0.3) is 10.4 Å². The summed E-state index contributed by atoms with van der Waals surface area (Å²) in [5.41, 5.74) is 8.50. The van der Waals surface area contributed by atoms with Crippen LogP contribution < -0.4 is 4.74 Å². The van der Waals surface area contributed by atoms with Crippen molar-refractivity contribution in [2.24, 2.45) is 5.11 Å². The zero-order valence-corrected chi connectivity index (χ0v) is 9.75. The minimum absolute atomic E-state index is 0.0382. The summed E-state index contributed by atoms with van der Waals surface area (Å²) in [6, 6.07) is 4.84. The van der Waals surface area contributed by atoms with Crippen molar-refractivity contribution in [2.45, 2.75) is 6.42 Å². The molecular weight excluding hydrogens is 234 g/mol. The zero-order valence-electron chi connectivity index (χ0n) is 9.75. The fourth-order valence-electron chi connectivity index (χ4n) is 1.33. The Morgan fingerprint density at radius 3 is 3.00 bits per heavy atom.